The highest BCUT2D eigenvalue weighted by Gasteiger charge is 2.20. The van der Waals surface area contributed by atoms with Gasteiger partial charge in [-0.25, -0.2) is 4.79 Å². The van der Waals surface area contributed by atoms with E-state index in [1.165, 1.54) is 0 Å². The number of nitrogens with one attached hydrogen (secondary N) is 1. The first-order chi connectivity index (χ1) is 9.25. The Morgan fingerprint density at radius 3 is 2.55 bits per heavy atom. The minimum atomic E-state index is -0.584. The quantitative estimate of drug-likeness (QED) is 0.880. The van der Waals surface area contributed by atoms with Crippen molar-refractivity contribution in [3.63, 3.8) is 0 Å². The molecule has 0 saturated heterocycles. The predicted molar refractivity (Wildman–Crippen MR) is 79.9 cm³/mol. The maximum absolute atomic E-state index is 11.8. The lowest BCUT2D eigenvalue weighted by molar-refractivity contribution is 0.0481. The predicted octanol–water partition coefficient (Wildman–Crippen LogP) is 3.02. The molecule has 0 radical (unpaired) electrons. The van der Waals surface area contributed by atoms with Crippen molar-refractivity contribution in [1.82, 2.24) is 5.32 Å². The number of amides is 1. The summed E-state index contributed by atoms with van der Waals surface area (Å²) in [5.41, 5.74) is 0.142. The molecule has 112 valence electrons. The van der Waals surface area contributed by atoms with Gasteiger partial charge in [-0.2, -0.15) is 0 Å². The Labute approximate surface area is 127 Å². The summed E-state index contributed by atoms with van der Waals surface area (Å²) in [5, 5.41) is 12.1. The van der Waals surface area contributed by atoms with E-state index in [-0.39, 0.29) is 6.61 Å². The number of carbonyl (C=O) groups excluding carboxylic acids is 1. The third-order valence-electron chi connectivity index (χ3n) is 2.41. The minimum Gasteiger partial charge on any atom is -0.497 e. The van der Waals surface area contributed by atoms with Gasteiger partial charge in [-0.15, -0.1) is 0 Å². The molecule has 1 aromatic rings. The minimum absolute atomic E-state index is 0.237. The third-order valence-corrected chi connectivity index (χ3v) is 2.86. The van der Waals surface area contributed by atoms with E-state index in [1.54, 1.807) is 46.1 Å². The van der Waals surface area contributed by atoms with Crippen molar-refractivity contribution < 1.29 is 19.4 Å². The van der Waals surface area contributed by atoms with E-state index >= 15 is 0 Å². The molecule has 0 aliphatic carbocycles. The number of hydrogen-bond acceptors (Lipinski definition) is 4. The lowest BCUT2D eigenvalue weighted by Crippen LogP contribution is -2.36. The molecule has 0 aliphatic heterocycles. The normalized spacial score (nSPS) is 12.7. The van der Waals surface area contributed by atoms with Crippen molar-refractivity contribution in [3.8, 4) is 5.75 Å². The SMILES string of the molecule is COc1cc(Br)cc([C@@H](CO)NC(=O)OC(C)(C)C)c1. The second-order valence-electron chi connectivity index (χ2n) is 5.31. The van der Waals surface area contributed by atoms with Gasteiger partial charge in [-0.05, 0) is 44.5 Å². The van der Waals surface area contributed by atoms with Gasteiger partial charge >= 0.3 is 6.09 Å². The molecule has 6 heteroatoms. The van der Waals surface area contributed by atoms with Crippen LogP contribution >= 0.6 is 15.9 Å². The molecular formula is C14H20BrNO4. The number of benzene rings is 1. The summed E-state index contributed by atoms with van der Waals surface area (Å²) in [5.74, 6) is 0.638. The summed E-state index contributed by atoms with van der Waals surface area (Å²) in [6.07, 6.45) is -0.574. The maximum atomic E-state index is 11.8. The van der Waals surface area contributed by atoms with Crippen molar-refractivity contribution in [3.05, 3.63) is 28.2 Å². The van der Waals surface area contributed by atoms with E-state index in [0.29, 0.717) is 5.75 Å². The van der Waals surface area contributed by atoms with Crippen LogP contribution in [-0.2, 0) is 4.74 Å². The van der Waals surface area contributed by atoms with Gasteiger partial charge in [0.25, 0.3) is 0 Å². The molecule has 1 atom stereocenters. The Morgan fingerprint density at radius 2 is 2.05 bits per heavy atom. The van der Waals surface area contributed by atoms with E-state index in [4.69, 9.17) is 9.47 Å². The number of methoxy groups -OCH3 is 1. The number of aliphatic hydroxyl groups is 1. The van der Waals surface area contributed by atoms with Crippen molar-refractivity contribution >= 4 is 22.0 Å². The molecule has 0 bridgehead atoms. The van der Waals surface area contributed by atoms with Crippen molar-refractivity contribution in [2.75, 3.05) is 13.7 Å². The van der Waals surface area contributed by atoms with Crippen LogP contribution in [-0.4, -0.2) is 30.5 Å². The molecule has 2 N–H and O–H groups in total. The summed E-state index contributed by atoms with van der Waals surface area (Å²) in [6, 6.07) is 4.80. The molecule has 5 nitrogen and oxygen atoms in total. The van der Waals surface area contributed by atoms with Gasteiger partial charge in [0.15, 0.2) is 0 Å². The molecule has 1 aromatic carbocycles. The molecule has 0 spiro atoms. The molecular weight excluding hydrogens is 326 g/mol. The number of rotatable bonds is 4. The largest absolute Gasteiger partial charge is 0.497 e. The topological polar surface area (TPSA) is 67.8 Å². The van der Waals surface area contributed by atoms with Gasteiger partial charge in [-0.3, -0.25) is 0 Å². The monoisotopic (exact) mass is 345 g/mol. The van der Waals surface area contributed by atoms with Gasteiger partial charge in [0, 0.05) is 4.47 Å². The standard InChI is InChI=1S/C14H20BrNO4/c1-14(2,3)20-13(18)16-12(8-17)9-5-10(15)7-11(6-9)19-4/h5-7,12,17H,8H2,1-4H3,(H,16,18)/t12-/m1/s1. The van der Waals surface area contributed by atoms with E-state index in [1.807, 2.05) is 0 Å². The van der Waals surface area contributed by atoms with Crippen LogP contribution in [0.1, 0.15) is 32.4 Å². The molecule has 0 saturated carbocycles. The fourth-order valence-electron chi connectivity index (χ4n) is 1.59. The molecule has 1 amide bonds. The highest BCUT2D eigenvalue weighted by atomic mass is 79.9. The second kappa shape index (κ2) is 6.95. The molecule has 20 heavy (non-hydrogen) atoms. The van der Waals surface area contributed by atoms with E-state index in [0.717, 1.165) is 10.0 Å². The van der Waals surface area contributed by atoms with Gasteiger partial charge < -0.3 is 19.9 Å². The fourth-order valence-corrected chi connectivity index (χ4v) is 2.08. The maximum Gasteiger partial charge on any atom is 0.408 e. The Balaban J connectivity index is 2.85. The number of halogens is 1. The summed E-state index contributed by atoms with van der Waals surface area (Å²) in [7, 11) is 1.56. The summed E-state index contributed by atoms with van der Waals surface area (Å²) in [4.78, 5) is 11.8. The van der Waals surface area contributed by atoms with Crippen LogP contribution < -0.4 is 10.1 Å². The number of hydrogen-bond donors (Lipinski definition) is 2. The smallest absolute Gasteiger partial charge is 0.408 e. The average molecular weight is 346 g/mol. The van der Waals surface area contributed by atoms with Crippen molar-refractivity contribution in [1.29, 1.82) is 0 Å². The zero-order chi connectivity index (χ0) is 15.3. The average Bonchev–Trinajstić information content (AvgIpc) is 2.32. The Bertz CT molecular complexity index is 471. The Kier molecular flexibility index (Phi) is 5.83. The zero-order valence-electron chi connectivity index (χ0n) is 12.1. The van der Waals surface area contributed by atoms with Crippen LogP contribution in [0.2, 0.25) is 0 Å². The fraction of sp³-hybridized carbons (Fsp3) is 0.500. The lowest BCUT2D eigenvalue weighted by Gasteiger charge is -2.23. The zero-order valence-corrected chi connectivity index (χ0v) is 13.7. The van der Waals surface area contributed by atoms with Crippen LogP contribution in [0.25, 0.3) is 0 Å². The number of alkyl carbamates (subject to hydrolysis) is 1. The number of ether oxygens (including phenoxy) is 2. The van der Waals surface area contributed by atoms with Crippen LogP contribution in [0.3, 0.4) is 0 Å². The van der Waals surface area contributed by atoms with E-state index in [2.05, 4.69) is 21.2 Å². The number of carbonyl (C=O) groups is 1. The second-order valence-corrected chi connectivity index (χ2v) is 6.22. The van der Waals surface area contributed by atoms with Crippen LogP contribution in [0.15, 0.2) is 22.7 Å². The highest BCUT2D eigenvalue weighted by Crippen LogP contribution is 2.25. The van der Waals surface area contributed by atoms with E-state index in [9.17, 15) is 9.90 Å². The Hall–Kier alpha value is -1.27. The molecule has 0 heterocycles. The van der Waals surface area contributed by atoms with Crippen molar-refractivity contribution in [2.24, 2.45) is 0 Å². The highest BCUT2D eigenvalue weighted by molar-refractivity contribution is 9.10. The van der Waals surface area contributed by atoms with Gasteiger partial charge in [0.05, 0.1) is 19.8 Å². The molecule has 0 aliphatic rings. The summed E-state index contributed by atoms with van der Waals surface area (Å²) < 4.78 is 11.1. The number of aliphatic hydroxyl groups excluding tert-OH is 1. The molecule has 1 rings (SSSR count). The molecule has 0 fully saturated rings. The Morgan fingerprint density at radius 1 is 1.40 bits per heavy atom. The van der Waals surface area contributed by atoms with Gasteiger partial charge in [0.2, 0.25) is 0 Å². The molecule has 0 aromatic heterocycles. The summed E-state index contributed by atoms with van der Waals surface area (Å²) in [6.45, 7) is 5.10. The van der Waals surface area contributed by atoms with Gasteiger partial charge in [-0.1, -0.05) is 15.9 Å². The van der Waals surface area contributed by atoms with Crippen LogP contribution in [0.4, 0.5) is 4.79 Å². The lowest BCUT2D eigenvalue weighted by atomic mass is 10.1. The van der Waals surface area contributed by atoms with Crippen LogP contribution in [0, 0.1) is 0 Å². The van der Waals surface area contributed by atoms with Crippen LogP contribution in [0.5, 0.6) is 5.75 Å². The summed E-state index contributed by atoms with van der Waals surface area (Å²) >= 11 is 3.36. The van der Waals surface area contributed by atoms with Gasteiger partial charge in [0.1, 0.15) is 11.4 Å². The first-order valence-corrected chi connectivity index (χ1v) is 6.99. The third kappa shape index (κ3) is 5.38. The molecule has 0 unspecified atom stereocenters. The van der Waals surface area contributed by atoms with E-state index < -0.39 is 17.7 Å². The first-order valence-electron chi connectivity index (χ1n) is 6.20. The van der Waals surface area contributed by atoms with Crippen molar-refractivity contribution in [2.45, 2.75) is 32.4 Å². The first kappa shape index (κ1) is 16.8.